The summed E-state index contributed by atoms with van der Waals surface area (Å²) in [5.74, 6) is 1.33. The quantitative estimate of drug-likeness (QED) is 0.404. The smallest absolute Gasteiger partial charge is 0.253 e. The number of amides is 3. The molecule has 1 atom stereocenters. The Bertz CT molecular complexity index is 661. The number of carbonyl (C=O) groups excluding carboxylic acids is 4. The Kier molecular flexibility index (Phi) is 8.23. The molecule has 0 aromatic carbocycles. The zero-order valence-electron chi connectivity index (χ0n) is 18.3. The summed E-state index contributed by atoms with van der Waals surface area (Å²) in [6, 6.07) is 0. The van der Waals surface area contributed by atoms with Crippen molar-refractivity contribution >= 4 is 23.5 Å². The van der Waals surface area contributed by atoms with Gasteiger partial charge in [-0.05, 0) is 56.8 Å². The average Bonchev–Trinajstić information content (AvgIpc) is 3.31. The van der Waals surface area contributed by atoms with E-state index in [9.17, 15) is 19.2 Å². The summed E-state index contributed by atoms with van der Waals surface area (Å²) >= 11 is 0. The van der Waals surface area contributed by atoms with Gasteiger partial charge in [-0.1, -0.05) is 19.8 Å². The molecule has 30 heavy (non-hydrogen) atoms. The molecule has 1 saturated carbocycles. The van der Waals surface area contributed by atoms with Crippen molar-refractivity contribution in [2.45, 2.75) is 77.6 Å². The van der Waals surface area contributed by atoms with Gasteiger partial charge in [0.2, 0.25) is 5.91 Å². The fourth-order valence-electron chi connectivity index (χ4n) is 4.99. The van der Waals surface area contributed by atoms with E-state index in [2.05, 4.69) is 6.92 Å². The molecule has 0 aromatic rings. The predicted octanol–water partition coefficient (Wildman–Crippen LogP) is 3.50. The van der Waals surface area contributed by atoms with Crippen LogP contribution in [0.15, 0.2) is 12.2 Å². The Balaban J connectivity index is 1.23. The number of likely N-dealkylation sites (tertiary alicyclic amines) is 1. The highest BCUT2D eigenvalue weighted by molar-refractivity contribution is 6.12. The second-order valence-corrected chi connectivity index (χ2v) is 9.45. The van der Waals surface area contributed by atoms with Crippen LogP contribution in [-0.2, 0) is 19.2 Å². The van der Waals surface area contributed by atoms with Crippen LogP contribution >= 0.6 is 0 Å². The first-order chi connectivity index (χ1) is 14.4. The molecule has 6 nitrogen and oxygen atoms in total. The average molecular weight is 417 g/mol. The van der Waals surface area contributed by atoms with Crippen molar-refractivity contribution < 1.29 is 19.2 Å². The number of hydrogen-bond donors (Lipinski definition) is 0. The second-order valence-electron chi connectivity index (χ2n) is 9.45. The minimum Gasteiger partial charge on any atom is -0.342 e. The van der Waals surface area contributed by atoms with Gasteiger partial charge in [0.1, 0.15) is 5.78 Å². The van der Waals surface area contributed by atoms with Crippen molar-refractivity contribution in [1.82, 2.24) is 9.80 Å². The lowest BCUT2D eigenvalue weighted by molar-refractivity contribution is -0.138. The van der Waals surface area contributed by atoms with Crippen LogP contribution in [0, 0.1) is 17.8 Å². The van der Waals surface area contributed by atoms with Crippen LogP contribution in [0.5, 0.6) is 0 Å². The lowest BCUT2D eigenvalue weighted by Crippen LogP contribution is -2.36. The highest BCUT2D eigenvalue weighted by Gasteiger charge is 2.31. The number of carbonyl (C=O) groups is 4. The monoisotopic (exact) mass is 416 g/mol. The normalized spacial score (nSPS) is 26.6. The second kappa shape index (κ2) is 10.9. The minimum atomic E-state index is -0.213. The summed E-state index contributed by atoms with van der Waals surface area (Å²) < 4.78 is 0. The van der Waals surface area contributed by atoms with E-state index in [1.807, 2.05) is 4.90 Å². The lowest BCUT2D eigenvalue weighted by Gasteiger charge is -2.30. The van der Waals surface area contributed by atoms with Crippen molar-refractivity contribution in [3.8, 4) is 0 Å². The number of nitrogens with zero attached hydrogens (tertiary/aromatic N) is 2. The number of ketones is 1. The minimum absolute atomic E-state index is 0.142. The van der Waals surface area contributed by atoms with Crippen molar-refractivity contribution in [3.63, 3.8) is 0 Å². The fourth-order valence-corrected chi connectivity index (χ4v) is 4.99. The highest BCUT2D eigenvalue weighted by Crippen LogP contribution is 2.31. The van der Waals surface area contributed by atoms with Gasteiger partial charge in [-0.3, -0.25) is 24.1 Å². The van der Waals surface area contributed by atoms with Crippen LogP contribution in [-0.4, -0.2) is 52.9 Å². The van der Waals surface area contributed by atoms with E-state index < -0.39 is 0 Å². The fraction of sp³-hybridized carbons (Fsp3) is 0.750. The number of unbranched alkanes of at least 4 members (excludes halogenated alkanes) is 3. The summed E-state index contributed by atoms with van der Waals surface area (Å²) in [5.41, 5.74) is 0. The molecule has 1 saturated heterocycles. The zero-order chi connectivity index (χ0) is 21.5. The van der Waals surface area contributed by atoms with Gasteiger partial charge >= 0.3 is 0 Å². The molecule has 0 N–H and O–H groups in total. The third-order valence-corrected chi connectivity index (χ3v) is 6.98. The molecule has 2 heterocycles. The lowest BCUT2D eigenvalue weighted by atomic mass is 9.79. The molecule has 6 heteroatoms. The van der Waals surface area contributed by atoms with Crippen LogP contribution in [0.2, 0.25) is 0 Å². The third kappa shape index (κ3) is 6.26. The van der Waals surface area contributed by atoms with E-state index in [1.54, 1.807) is 0 Å². The van der Waals surface area contributed by atoms with Crippen molar-refractivity contribution in [1.29, 1.82) is 0 Å². The van der Waals surface area contributed by atoms with Gasteiger partial charge in [0.05, 0.1) is 0 Å². The molecule has 0 bridgehead atoms. The summed E-state index contributed by atoms with van der Waals surface area (Å²) in [5, 5.41) is 0. The van der Waals surface area contributed by atoms with E-state index in [4.69, 9.17) is 0 Å². The maximum atomic E-state index is 12.5. The van der Waals surface area contributed by atoms with Crippen LogP contribution in [0.25, 0.3) is 0 Å². The maximum absolute atomic E-state index is 12.5. The Hall–Kier alpha value is -1.98. The van der Waals surface area contributed by atoms with E-state index >= 15 is 0 Å². The molecule has 0 spiro atoms. The van der Waals surface area contributed by atoms with Crippen LogP contribution < -0.4 is 0 Å². The maximum Gasteiger partial charge on any atom is 0.253 e. The molecule has 3 amide bonds. The van der Waals surface area contributed by atoms with E-state index in [0.29, 0.717) is 42.9 Å². The first-order valence-corrected chi connectivity index (χ1v) is 11.8. The summed E-state index contributed by atoms with van der Waals surface area (Å²) in [4.78, 5) is 51.3. The number of Topliss-reactive ketones (excluding diaryl/α,β-unsaturated/α-hetero) is 1. The van der Waals surface area contributed by atoms with Crippen LogP contribution in [0.3, 0.4) is 0 Å². The zero-order valence-corrected chi connectivity index (χ0v) is 18.3. The molecule has 2 aliphatic heterocycles. The molecule has 3 aliphatic rings. The molecular formula is C24H36N2O4. The van der Waals surface area contributed by atoms with Gasteiger partial charge in [0.15, 0.2) is 0 Å². The van der Waals surface area contributed by atoms with Crippen LogP contribution in [0.4, 0.5) is 0 Å². The van der Waals surface area contributed by atoms with Gasteiger partial charge < -0.3 is 4.90 Å². The Labute approximate surface area is 180 Å². The van der Waals surface area contributed by atoms with E-state index in [1.165, 1.54) is 17.1 Å². The Morgan fingerprint density at radius 2 is 1.53 bits per heavy atom. The van der Waals surface area contributed by atoms with Crippen molar-refractivity contribution in [2.75, 3.05) is 19.6 Å². The molecule has 1 aliphatic carbocycles. The molecule has 0 radical (unpaired) electrons. The standard InChI is InChI=1S/C24H36N2O4/c1-18-14-15-25(16-18)22(28)7-5-3-2-4-6-21(27)20-10-8-19(9-11-20)17-26-23(29)12-13-24(26)30/h12-13,18-20H,2-11,14-17H2,1H3/t18-,19?,20?/m0/s1. The number of imide groups is 1. The van der Waals surface area contributed by atoms with Gasteiger partial charge in [-0.2, -0.15) is 0 Å². The Morgan fingerprint density at radius 3 is 2.13 bits per heavy atom. The van der Waals surface area contributed by atoms with Crippen molar-refractivity contribution in [3.05, 3.63) is 12.2 Å². The molecule has 0 aromatic heterocycles. The predicted molar refractivity (Wildman–Crippen MR) is 114 cm³/mol. The summed E-state index contributed by atoms with van der Waals surface area (Å²) in [6.45, 7) is 4.51. The topological polar surface area (TPSA) is 74.8 Å². The van der Waals surface area contributed by atoms with Gasteiger partial charge in [-0.25, -0.2) is 0 Å². The highest BCUT2D eigenvalue weighted by atomic mass is 16.2. The summed E-state index contributed by atoms with van der Waals surface area (Å²) in [6.07, 6.45) is 12.5. The molecular weight excluding hydrogens is 380 g/mol. The first kappa shape index (κ1) is 22.7. The third-order valence-electron chi connectivity index (χ3n) is 6.98. The van der Waals surface area contributed by atoms with Crippen molar-refractivity contribution in [2.24, 2.45) is 17.8 Å². The van der Waals surface area contributed by atoms with Crippen LogP contribution in [0.1, 0.15) is 77.6 Å². The van der Waals surface area contributed by atoms with E-state index in [-0.39, 0.29) is 17.7 Å². The Morgan fingerprint density at radius 1 is 0.900 bits per heavy atom. The molecule has 0 unspecified atom stereocenters. The van der Waals surface area contributed by atoms with Gasteiger partial charge in [0, 0.05) is 50.5 Å². The molecule has 2 fully saturated rings. The molecule has 3 rings (SSSR count). The molecule has 166 valence electrons. The SMILES string of the molecule is C[C@H]1CCN(C(=O)CCCCCCC(=O)C2CCC(CN3C(=O)C=CC3=O)CC2)C1. The summed E-state index contributed by atoms with van der Waals surface area (Å²) in [7, 11) is 0. The first-order valence-electron chi connectivity index (χ1n) is 11.8. The number of hydrogen-bond acceptors (Lipinski definition) is 4. The van der Waals surface area contributed by atoms with Gasteiger partial charge in [-0.15, -0.1) is 0 Å². The number of rotatable bonds is 10. The largest absolute Gasteiger partial charge is 0.342 e. The van der Waals surface area contributed by atoms with E-state index in [0.717, 1.165) is 70.9 Å². The van der Waals surface area contributed by atoms with Gasteiger partial charge in [0.25, 0.3) is 11.8 Å².